The molecule has 1 saturated heterocycles. The molecule has 0 unspecified atom stereocenters. The summed E-state index contributed by atoms with van der Waals surface area (Å²) < 4.78 is 16.2. The van der Waals surface area contributed by atoms with Gasteiger partial charge in [0.25, 0.3) is 0 Å². The molecule has 0 saturated carbocycles. The van der Waals surface area contributed by atoms with Crippen LogP contribution in [-0.4, -0.2) is 83.3 Å². The molecule has 9 N–H and O–H groups in total. The lowest BCUT2D eigenvalue weighted by atomic mass is 9.99. The maximum atomic E-state index is 12.8. The van der Waals surface area contributed by atoms with Gasteiger partial charge in [0.1, 0.15) is 35.6 Å². The Morgan fingerprint density at radius 3 is 2.21 bits per heavy atom. The van der Waals surface area contributed by atoms with Gasteiger partial charge < -0.3 is 59.8 Å². The number of hydrogen-bond donors (Lipinski definition) is 9. The first-order valence-corrected chi connectivity index (χ1v) is 9.79. The van der Waals surface area contributed by atoms with E-state index in [0.29, 0.717) is 6.07 Å². The molecule has 0 radical (unpaired) electrons. The van der Waals surface area contributed by atoms with E-state index in [0.717, 1.165) is 12.1 Å². The molecule has 13 nitrogen and oxygen atoms in total. The van der Waals surface area contributed by atoms with Gasteiger partial charge in [0.2, 0.25) is 23.2 Å². The van der Waals surface area contributed by atoms with Gasteiger partial charge in [0.05, 0.1) is 6.61 Å². The Morgan fingerprint density at radius 1 is 0.853 bits per heavy atom. The van der Waals surface area contributed by atoms with E-state index < -0.39 is 94.0 Å². The average Bonchev–Trinajstić information content (AvgIpc) is 2.80. The van der Waals surface area contributed by atoms with E-state index in [1.807, 2.05) is 0 Å². The monoisotopic (exact) mass is 480 g/mol. The molecule has 1 aromatic heterocycles. The molecular weight excluding hydrogens is 460 g/mol. The number of phenols is 4. The molecule has 4 rings (SSSR count). The van der Waals surface area contributed by atoms with Gasteiger partial charge in [-0.05, 0) is 18.2 Å². The summed E-state index contributed by atoms with van der Waals surface area (Å²) >= 11 is 0. The number of ether oxygens (including phenoxy) is 2. The molecule has 0 aliphatic carbocycles. The number of aromatic hydroxyl groups is 5. The third kappa shape index (κ3) is 3.70. The molecule has 182 valence electrons. The van der Waals surface area contributed by atoms with Gasteiger partial charge in [-0.3, -0.25) is 4.79 Å². The molecule has 5 atom stereocenters. The largest absolute Gasteiger partial charge is 0.507 e. The fraction of sp³-hybridized carbons (Fsp3) is 0.286. The fourth-order valence-electron chi connectivity index (χ4n) is 3.56. The molecule has 0 amide bonds. The standard InChI is InChI=1S/C21H20O13/c22-5-11-13(27)15(29)17(31)21(32-11)34-19-10(26)4-9(25)12-14(28)16(30)18(33-20(12)19)6-1-2-7(23)8(24)3-6/h1-4,11,13,15,17,21-27,29-31H,5H2/t11-,13-,15+,17-,21+/m1/s1. The number of benzene rings is 2. The minimum atomic E-state index is -1.88. The minimum Gasteiger partial charge on any atom is -0.507 e. The van der Waals surface area contributed by atoms with Crippen molar-refractivity contribution >= 4 is 11.0 Å². The van der Waals surface area contributed by atoms with Crippen LogP contribution in [0.1, 0.15) is 0 Å². The van der Waals surface area contributed by atoms with Crippen molar-refractivity contribution in [1.82, 2.24) is 0 Å². The van der Waals surface area contributed by atoms with Crippen LogP contribution < -0.4 is 10.2 Å². The number of rotatable bonds is 4. The maximum absolute atomic E-state index is 12.8. The molecule has 1 aliphatic rings. The first-order valence-electron chi connectivity index (χ1n) is 9.79. The highest BCUT2D eigenvalue weighted by Gasteiger charge is 2.45. The quantitative estimate of drug-likeness (QED) is 0.208. The van der Waals surface area contributed by atoms with Crippen LogP contribution in [0.5, 0.6) is 34.5 Å². The molecular formula is C21H20O13. The number of aliphatic hydroxyl groups is 4. The van der Waals surface area contributed by atoms with Gasteiger partial charge >= 0.3 is 0 Å². The van der Waals surface area contributed by atoms with Crippen molar-refractivity contribution in [2.45, 2.75) is 30.7 Å². The summed E-state index contributed by atoms with van der Waals surface area (Å²) in [6.45, 7) is -0.759. The Labute approximate surface area is 189 Å². The molecule has 2 heterocycles. The first-order chi connectivity index (χ1) is 16.0. The van der Waals surface area contributed by atoms with E-state index in [-0.39, 0.29) is 5.56 Å². The SMILES string of the molecule is O=c1c(O)c(-c2ccc(O)c(O)c2)oc2c(O[C@@H]3O[C@H](CO)[C@@H](O)[C@H](O)[C@H]3O)c(O)cc(O)c12. The molecule has 0 spiro atoms. The zero-order valence-corrected chi connectivity index (χ0v) is 17.1. The van der Waals surface area contributed by atoms with Crippen LogP contribution in [-0.2, 0) is 4.74 Å². The van der Waals surface area contributed by atoms with E-state index in [1.54, 1.807) is 0 Å². The Bertz CT molecular complexity index is 1300. The van der Waals surface area contributed by atoms with Gasteiger partial charge in [-0.2, -0.15) is 0 Å². The average molecular weight is 480 g/mol. The number of aliphatic hydroxyl groups excluding tert-OH is 4. The molecule has 1 fully saturated rings. The molecule has 0 bridgehead atoms. The second-order valence-corrected chi connectivity index (χ2v) is 7.58. The minimum absolute atomic E-state index is 0.0755. The summed E-state index contributed by atoms with van der Waals surface area (Å²) in [6, 6.07) is 3.92. The molecule has 13 heteroatoms. The fourth-order valence-corrected chi connectivity index (χ4v) is 3.56. The van der Waals surface area contributed by atoms with Crippen molar-refractivity contribution in [1.29, 1.82) is 0 Å². The number of phenolic OH excluding ortho intramolecular Hbond substituents is 4. The van der Waals surface area contributed by atoms with Crippen molar-refractivity contribution in [3.8, 4) is 45.8 Å². The molecule has 1 aliphatic heterocycles. The molecule has 34 heavy (non-hydrogen) atoms. The highest BCUT2D eigenvalue weighted by Crippen LogP contribution is 2.44. The Kier molecular flexibility index (Phi) is 5.89. The van der Waals surface area contributed by atoms with Crippen molar-refractivity contribution in [2.24, 2.45) is 0 Å². The van der Waals surface area contributed by atoms with Crippen molar-refractivity contribution < 1.29 is 59.8 Å². The number of fused-ring (bicyclic) bond motifs is 1. The maximum Gasteiger partial charge on any atom is 0.238 e. The topological polar surface area (TPSA) is 231 Å². The first kappa shape index (κ1) is 23.4. The van der Waals surface area contributed by atoms with Crippen LogP contribution >= 0.6 is 0 Å². The summed E-state index contributed by atoms with van der Waals surface area (Å²) in [5.74, 6) is -4.84. The van der Waals surface area contributed by atoms with Crippen molar-refractivity contribution in [3.05, 3.63) is 34.5 Å². The van der Waals surface area contributed by atoms with E-state index >= 15 is 0 Å². The van der Waals surface area contributed by atoms with E-state index in [4.69, 9.17) is 13.9 Å². The van der Waals surface area contributed by atoms with Gasteiger partial charge in [0, 0.05) is 11.6 Å². The second-order valence-electron chi connectivity index (χ2n) is 7.58. The Balaban J connectivity index is 1.89. The predicted molar refractivity (Wildman–Crippen MR) is 111 cm³/mol. The van der Waals surface area contributed by atoms with Gasteiger partial charge in [-0.15, -0.1) is 0 Å². The van der Waals surface area contributed by atoms with Crippen LogP contribution in [0.2, 0.25) is 0 Å². The zero-order chi connectivity index (χ0) is 24.9. The van der Waals surface area contributed by atoms with Crippen molar-refractivity contribution in [2.75, 3.05) is 6.61 Å². The van der Waals surface area contributed by atoms with Crippen molar-refractivity contribution in [3.63, 3.8) is 0 Å². The molecule has 3 aromatic rings. The highest BCUT2D eigenvalue weighted by molar-refractivity contribution is 5.93. The van der Waals surface area contributed by atoms with Crippen LogP contribution in [0.25, 0.3) is 22.3 Å². The predicted octanol–water partition coefficient (Wildman–Crippen LogP) is -0.833. The summed E-state index contributed by atoms with van der Waals surface area (Å²) in [5.41, 5.74) is -1.84. The summed E-state index contributed by atoms with van der Waals surface area (Å²) in [6.07, 6.45) is -8.50. The lowest BCUT2D eigenvalue weighted by Gasteiger charge is -2.39. The van der Waals surface area contributed by atoms with Gasteiger partial charge in [0.15, 0.2) is 28.6 Å². The Hall–Kier alpha value is -3.75. The molecule has 2 aromatic carbocycles. The van der Waals surface area contributed by atoms with Crippen LogP contribution in [0.4, 0.5) is 0 Å². The van der Waals surface area contributed by atoms with Gasteiger partial charge in [-0.25, -0.2) is 0 Å². The zero-order valence-electron chi connectivity index (χ0n) is 17.1. The second kappa shape index (κ2) is 8.55. The lowest BCUT2D eigenvalue weighted by Crippen LogP contribution is -2.60. The highest BCUT2D eigenvalue weighted by atomic mass is 16.7. The number of hydrogen-bond acceptors (Lipinski definition) is 13. The summed E-state index contributed by atoms with van der Waals surface area (Å²) in [5, 5.41) is 89.0. The van der Waals surface area contributed by atoms with E-state index in [9.17, 15) is 50.8 Å². The summed E-state index contributed by atoms with van der Waals surface area (Å²) in [4.78, 5) is 12.8. The van der Waals surface area contributed by atoms with Crippen LogP contribution in [0.15, 0.2) is 33.5 Å². The third-order valence-corrected chi connectivity index (χ3v) is 5.38. The lowest BCUT2D eigenvalue weighted by molar-refractivity contribution is -0.277. The van der Waals surface area contributed by atoms with E-state index in [2.05, 4.69) is 0 Å². The normalized spacial score (nSPS) is 24.9. The van der Waals surface area contributed by atoms with Crippen LogP contribution in [0.3, 0.4) is 0 Å². The van der Waals surface area contributed by atoms with E-state index in [1.165, 1.54) is 6.07 Å². The van der Waals surface area contributed by atoms with Gasteiger partial charge in [-0.1, -0.05) is 0 Å². The third-order valence-electron chi connectivity index (χ3n) is 5.38. The smallest absolute Gasteiger partial charge is 0.238 e. The Morgan fingerprint density at radius 2 is 1.56 bits per heavy atom. The summed E-state index contributed by atoms with van der Waals surface area (Å²) in [7, 11) is 0. The van der Waals surface area contributed by atoms with Crippen LogP contribution in [0, 0.1) is 0 Å².